The molecule has 4 rings (SSSR count). The first-order valence-electron chi connectivity index (χ1n) is 8.91. The van der Waals surface area contributed by atoms with Crippen LogP contribution in [0.25, 0.3) is 10.8 Å². The second-order valence-electron chi connectivity index (χ2n) is 6.87. The fourth-order valence-corrected chi connectivity index (χ4v) is 3.84. The van der Waals surface area contributed by atoms with Crippen LogP contribution in [0, 0.1) is 0 Å². The fraction of sp³-hybridized carbons (Fsp3) is 0.368. The average molecular weight is 367 g/mol. The molecule has 0 aliphatic carbocycles. The van der Waals surface area contributed by atoms with Gasteiger partial charge in [0.25, 0.3) is 5.56 Å². The second-order valence-corrected chi connectivity index (χ2v) is 6.87. The number of aromatic nitrogens is 4. The molecular formula is C19H21N5O3. The molecule has 1 atom stereocenters. The van der Waals surface area contributed by atoms with Gasteiger partial charge in [0.2, 0.25) is 5.91 Å². The Labute approximate surface area is 155 Å². The lowest BCUT2D eigenvalue weighted by atomic mass is 9.98. The molecule has 0 saturated heterocycles. The quantitative estimate of drug-likeness (QED) is 0.714. The van der Waals surface area contributed by atoms with Crippen LogP contribution < -0.4 is 5.56 Å². The summed E-state index contributed by atoms with van der Waals surface area (Å²) >= 11 is 0. The maximum absolute atomic E-state index is 13.1. The predicted molar refractivity (Wildman–Crippen MR) is 99.0 cm³/mol. The molecule has 1 amide bonds. The third-order valence-electron chi connectivity index (χ3n) is 5.29. The maximum atomic E-state index is 13.1. The van der Waals surface area contributed by atoms with Crippen LogP contribution in [0.15, 0.2) is 29.1 Å². The summed E-state index contributed by atoms with van der Waals surface area (Å²) in [6.07, 6.45) is 0.692. The van der Waals surface area contributed by atoms with Gasteiger partial charge in [-0.25, -0.2) is 5.10 Å². The zero-order valence-electron chi connectivity index (χ0n) is 15.3. The number of hydrogen-bond donors (Lipinski definition) is 2. The molecule has 140 valence electrons. The molecule has 1 aliphatic rings. The van der Waals surface area contributed by atoms with Gasteiger partial charge in [0, 0.05) is 43.2 Å². The van der Waals surface area contributed by atoms with Crippen LogP contribution in [-0.4, -0.2) is 42.4 Å². The van der Waals surface area contributed by atoms with Crippen LogP contribution in [0.2, 0.25) is 0 Å². The van der Waals surface area contributed by atoms with Crippen molar-refractivity contribution in [1.82, 2.24) is 24.9 Å². The van der Waals surface area contributed by atoms with Crippen molar-refractivity contribution < 1.29 is 9.90 Å². The van der Waals surface area contributed by atoms with Crippen LogP contribution in [0.5, 0.6) is 0 Å². The number of fused-ring (bicyclic) bond motifs is 2. The van der Waals surface area contributed by atoms with E-state index in [0.29, 0.717) is 41.7 Å². The molecule has 1 aliphatic heterocycles. The number of aryl methyl sites for hydroxylation is 1. The van der Waals surface area contributed by atoms with E-state index in [1.165, 1.54) is 0 Å². The number of benzene rings is 1. The number of aliphatic hydroxyl groups excluding tert-OH is 1. The van der Waals surface area contributed by atoms with Gasteiger partial charge in [0.15, 0.2) is 0 Å². The van der Waals surface area contributed by atoms with E-state index >= 15 is 0 Å². The zero-order chi connectivity index (χ0) is 19.1. The Balaban J connectivity index is 1.66. The van der Waals surface area contributed by atoms with Crippen LogP contribution in [0.1, 0.15) is 35.5 Å². The van der Waals surface area contributed by atoms with E-state index in [4.69, 9.17) is 0 Å². The highest BCUT2D eigenvalue weighted by Gasteiger charge is 2.30. The molecule has 1 unspecified atom stereocenters. The summed E-state index contributed by atoms with van der Waals surface area (Å²) in [6, 6.07) is 7.17. The summed E-state index contributed by atoms with van der Waals surface area (Å²) in [4.78, 5) is 26.9. The molecule has 3 heterocycles. The molecule has 0 fully saturated rings. The first-order chi connectivity index (χ1) is 13.0. The second kappa shape index (κ2) is 6.62. The smallest absolute Gasteiger partial charge is 0.272 e. The van der Waals surface area contributed by atoms with E-state index in [2.05, 4.69) is 15.3 Å². The average Bonchev–Trinajstić information content (AvgIpc) is 3.02. The van der Waals surface area contributed by atoms with Crippen LogP contribution in [0.3, 0.4) is 0 Å². The topological polar surface area (TPSA) is 104 Å². The van der Waals surface area contributed by atoms with E-state index < -0.39 is 5.92 Å². The lowest BCUT2D eigenvalue weighted by Crippen LogP contribution is -2.39. The molecule has 2 N–H and O–H groups in total. The van der Waals surface area contributed by atoms with E-state index in [1.807, 2.05) is 19.2 Å². The van der Waals surface area contributed by atoms with Crippen molar-refractivity contribution in [3.8, 4) is 0 Å². The lowest BCUT2D eigenvalue weighted by Gasteiger charge is -2.30. The maximum Gasteiger partial charge on any atom is 0.272 e. The minimum absolute atomic E-state index is 0.0573. The van der Waals surface area contributed by atoms with Gasteiger partial charge in [-0.05, 0) is 13.0 Å². The summed E-state index contributed by atoms with van der Waals surface area (Å²) < 4.78 is 1.78. The lowest BCUT2D eigenvalue weighted by molar-refractivity contribution is -0.133. The Morgan fingerprint density at radius 3 is 2.81 bits per heavy atom. The first kappa shape index (κ1) is 17.4. The van der Waals surface area contributed by atoms with E-state index in [9.17, 15) is 14.7 Å². The van der Waals surface area contributed by atoms with Gasteiger partial charge in [-0.1, -0.05) is 18.2 Å². The third-order valence-corrected chi connectivity index (χ3v) is 5.29. The highest BCUT2D eigenvalue weighted by atomic mass is 16.3. The van der Waals surface area contributed by atoms with Gasteiger partial charge in [-0.3, -0.25) is 14.3 Å². The van der Waals surface area contributed by atoms with Crippen molar-refractivity contribution in [2.24, 2.45) is 7.05 Å². The summed E-state index contributed by atoms with van der Waals surface area (Å²) in [7, 11) is 1.86. The summed E-state index contributed by atoms with van der Waals surface area (Å²) in [5, 5.41) is 21.8. The Morgan fingerprint density at radius 1 is 1.33 bits per heavy atom. The zero-order valence-corrected chi connectivity index (χ0v) is 15.3. The highest BCUT2D eigenvalue weighted by molar-refractivity contribution is 5.91. The standard InChI is InChI=1S/C19H21N5O3/c1-11(17-12-5-3-4-6-13(12)18(26)21-20-17)19(27)24-8-7-16-14(9-24)15(10-25)22-23(16)2/h3-6,11,25H,7-10H2,1-2H3,(H,21,26). The van der Waals surface area contributed by atoms with Crippen LogP contribution in [-0.2, 0) is 31.4 Å². The third kappa shape index (κ3) is 2.82. The number of carbonyl (C=O) groups excluding carboxylic acids is 1. The molecule has 3 aromatic rings. The number of aliphatic hydroxyl groups is 1. The number of carbonyl (C=O) groups is 1. The number of amides is 1. The monoisotopic (exact) mass is 367 g/mol. The van der Waals surface area contributed by atoms with Crippen molar-refractivity contribution >= 4 is 16.7 Å². The molecule has 0 saturated carbocycles. The molecule has 0 radical (unpaired) electrons. The van der Waals surface area contributed by atoms with Crippen LogP contribution >= 0.6 is 0 Å². The normalized spacial score (nSPS) is 15.0. The molecule has 0 spiro atoms. The number of aromatic amines is 1. The Bertz CT molecular complexity index is 1080. The Morgan fingerprint density at radius 2 is 2.07 bits per heavy atom. The van der Waals surface area contributed by atoms with Crippen molar-refractivity contribution in [2.45, 2.75) is 32.4 Å². The van der Waals surface area contributed by atoms with Crippen molar-refractivity contribution in [1.29, 1.82) is 0 Å². The van der Waals surface area contributed by atoms with Crippen LogP contribution in [0.4, 0.5) is 0 Å². The van der Waals surface area contributed by atoms with E-state index in [-0.39, 0.29) is 18.1 Å². The molecule has 0 bridgehead atoms. The number of nitrogens with one attached hydrogen (secondary N) is 1. The molecule has 1 aromatic carbocycles. The number of hydrogen-bond acceptors (Lipinski definition) is 5. The minimum atomic E-state index is -0.498. The van der Waals surface area contributed by atoms with Gasteiger partial charge in [0.1, 0.15) is 0 Å². The largest absolute Gasteiger partial charge is 0.390 e. The van der Waals surface area contributed by atoms with Crippen molar-refractivity contribution in [3.05, 3.63) is 57.3 Å². The SMILES string of the molecule is CC(C(=O)N1CCc2c(c(CO)nn2C)C1)c1n[nH]c(=O)c2ccccc12. The van der Waals surface area contributed by atoms with Gasteiger partial charge in [0.05, 0.1) is 29.3 Å². The number of rotatable bonds is 3. The molecule has 8 heteroatoms. The van der Waals surface area contributed by atoms with Gasteiger partial charge < -0.3 is 10.0 Å². The molecular weight excluding hydrogens is 346 g/mol. The van der Waals surface area contributed by atoms with Gasteiger partial charge in [-0.2, -0.15) is 10.2 Å². The fourth-order valence-electron chi connectivity index (χ4n) is 3.84. The van der Waals surface area contributed by atoms with E-state index in [1.54, 1.807) is 28.6 Å². The highest BCUT2D eigenvalue weighted by Crippen LogP contribution is 2.27. The summed E-state index contributed by atoms with van der Waals surface area (Å²) in [5.41, 5.74) is 2.90. The summed E-state index contributed by atoms with van der Waals surface area (Å²) in [5.74, 6) is -0.555. The van der Waals surface area contributed by atoms with Crippen molar-refractivity contribution in [2.75, 3.05) is 6.54 Å². The van der Waals surface area contributed by atoms with Crippen molar-refractivity contribution in [3.63, 3.8) is 0 Å². The summed E-state index contributed by atoms with van der Waals surface area (Å²) in [6.45, 7) is 2.67. The Hall–Kier alpha value is -3.00. The molecule has 27 heavy (non-hydrogen) atoms. The number of H-pyrrole nitrogens is 1. The Kier molecular flexibility index (Phi) is 4.27. The number of nitrogens with zero attached hydrogens (tertiary/aromatic N) is 4. The van der Waals surface area contributed by atoms with Gasteiger partial charge in [-0.15, -0.1) is 0 Å². The van der Waals surface area contributed by atoms with E-state index in [0.717, 1.165) is 11.3 Å². The van der Waals surface area contributed by atoms with Gasteiger partial charge >= 0.3 is 0 Å². The minimum Gasteiger partial charge on any atom is -0.390 e. The molecule has 2 aromatic heterocycles. The predicted octanol–water partition coefficient (Wildman–Crippen LogP) is 0.837. The molecule has 8 nitrogen and oxygen atoms in total. The first-order valence-corrected chi connectivity index (χ1v) is 8.91.